The Kier molecular flexibility index (Phi) is 7.49. The lowest BCUT2D eigenvalue weighted by molar-refractivity contribution is -0.149. The Hall–Kier alpha value is -1.63. The van der Waals surface area contributed by atoms with Crippen LogP contribution in [0.3, 0.4) is 0 Å². The molecule has 0 bridgehead atoms. The number of ether oxygens (including phenoxy) is 1. The molecule has 0 atom stereocenters. The van der Waals surface area contributed by atoms with Crippen LogP contribution in [0.4, 0.5) is 0 Å². The van der Waals surface area contributed by atoms with Gasteiger partial charge in [-0.3, -0.25) is 9.79 Å². The number of guanidine groups is 1. The molecule has 7 heteroatoms. The first kappa shape index (κ1) is 18.7. The van der Waals surface area contributed by atoms with Gasteiger partial charge >= 0.3 is 5.97 Å². The molecule has 0 aliphatic carbocycles. The van der Waals surface area contributed by atoms with Crippen LogP contribution >= 0.6 is 11.3 Å². The smallest absolute Gasteiger partial charge is 0.309 e. The summed E-state index contributed by atoms with van der Waals surface area (Å²) in [4.78, 5) is 22.9. The van der Waals surface area contributed by atoms with Crippen LogP contribution in [0.5, 0.6) is 0 Å². The maximum atomic E-state index is 11.8. The van der Waals surface area contributed by atoms with Crippen LogP contribution in [0.1, 0.15) is 36.9 Å². The number of nitrogens with one attached hydrogen (secondary N) is 1. The van der Waals surface area contributed by atoms with E-state index >= 15 is 0 Å². The predicted molar refractivity (Wildman–Crippen MR) is 97.5 cm³/mol. The summed E-state index contributed by atoms with van der Waals surface area (Å²) in [6.07, 6.45) is 3.69. The number of aromatic nitrogens is 1. The van der Waals surface area contributed by atoms with Gasteiger partial charge in [0.2, 0.25) is 0 Å². The number of likely N-dealkylation sites (tertiary alicyclic amines) is 1. The molecule has 1 aromatic rings. The number of nitrogens with zero attached hydrogens (tertiary/aromatic N) is 3. The van der Waals surface area contributed by atoms with E-state index < -0.39 is 0 Å². The standard InChI is InChI=1S/C17H28N4O2S/c1-4-23-16(22)14-7-10-21(11-8-14)17(18-3)19-9-5-6-15-20-13(2)12-24-15/h12,14H,4-11H2,1-3H3,(H,18,19). The molecule has 134 valence electrons. The summed E-state index contributed by atoms with van der Waals surface area (Å²) < 4.78 is 5.12. The van der Waals surface area contributed by atoms with Crippen LogP contribution < -0.4 is 5.32 Å². The molecule has 1 saturated heterocycles. The van der Waals surface area contributed by atoms with E-state index in [1.165, 1.54) is 5.01 Å². The Balaban J connectivity index is 1.69. The third kappa shape index (κ3) is 5.47. The lowest BCUT2D eigenvalue weighted by Crippen LogP contribution is -2.47. The molecule has 0 saturated carbocycles. The van der Waals surface area contributed by atoms with Gasteiger partial charge in [-0.25, -0.2) is 4.98 Å². The zero-order valence-electron chi connectivity index (χ0n) is 14.9. The van der Waals surface area contributed by atoms with Gasteiger partial charge in [0.15, 0.2) is 5.96 Å². The third-order valence-electron chi connectivity index (χ3n) is 4.14. The summed E-state index contributed by atoms with van der Waals surface area (Å²) in [6.45, 7) is 6.90. The Bertz CT molecular complexity index is 551. The fourth-order valence-corrected chi connectivity index (χ4v) is 3.69. The summed E-state index contributed by atoms with van der Waals surface area (Å²) in [5.41, 5.74) is 1.10. The number of thiazole rings is 1. The first-order chi connectivity index (χ1) is 11.6. The highest BCUT2D eigenvalue weighted by molar-refractivity contribution is 7.09. The van der Waals surface area contributed by atoms with Crippen molar-refractivity contribution < 1.29 is 9.53 Å². The molecule has 0 radical (unpaired) electrons. The largest absolute Gasteiger partial charge is 0.466 e. The second-order valence-corrected chi connectivity index (χ2v) is 6.92. The number of hydrogen-bond donors (Lipinski definition) is 1. The lowest BCUT2D eigenvalue weighted by Gasteiger charge is -2.33. The fraction of sp³-hybridized carbons (Fsp3) is 0.706. The van der Waals surface area contributed by atoms with Gasteiger partial charge in [0.25, 0.3) is 0 Å². The van der Waals surface area contributed by atoms with Crippen molar-refractivity contribution in [1.82, 2.24) is 15.2 Å². The number of piperidine rings is 1. The average molecular weight is 353 g/mol. The second-order valence-electron chi connectivity index (χ2n) is 5.97. The van der Waals surface area contributed by atoms with E-state index in [1.807, 2.05) is 20.9 Å². The second kappa shape index (κ2) is 9.61. The molecule has 0 unspecified atom stereocenters. The summed E-state index contributed by atoms with van der Waals surface area (Å²) in [7, 11) is 1.81. The topological polar surface area (TPSA) is 66.8 Å². The van der Waals surface area contributed by atoms with E-state index in [0.717, 1.165) is 57.0 Å². The van der Waals surface area contributed by atoms with Gasteiger partial charge in [-0.2, -0.15) is 0 Å². The van der Waals surface area contributed by atoms with Crippen molar-refractivity contribution >= 4 is 23.3 Å². The highest BCUT2D eigenvalue weighted by atomic mass is 32.1. The first-order valence-electron chi connectivity index (χ1n) is 8.67. The Morgan fingerprint density at radius 1 is 1.50 bits per heavy atom. The van der Waals surface area contributed by atoms with Crippen LogP contribution in [0.15, 0.2) is 10.4 Å². The molecule has 24 heavy (non-hydrogen) atoms. The Morgan fingerprint density at radius 3 is 2.83 bits per heavy atom. The number of hydrogen-bond acceptors (Lipinski definition) is 5. The fourth-order valence-electron chi connectivity index (χ4n) is 2.88. The summed E-state index contributed by atoms with van der Waals surface area (Å²) in [5.74, 6) is 0.902. The van der Waals surface area contributed by atoms with Crippen LogP contribution in [0, 0.1) is 12.8 Å². The highest BCUT2D eigenvalue weighted by Crippen LogP contribution is 2.18. The predicted octanol–water partition coefficient (Wildman–Crippen LogP) is 2.23. The molecule has 0 aromatic carbocycles. The van der Waals surface area contributed by atoms with Crippen LogP contribution in [0.2, 0.25) is 0 Å². The van der Waals surface area contributed by atoms with Gasteiger partial charge in [0.05, 0.1) is 17.5 Å². The minimum absolute atomic E-state index is 0.0347. The van der Waals surface area contributed by atoms with Crippen LogP contribution in [-0.2, 0) is 16.0 Å². The number of carbonyl (C=O) groups excluding carboxylic acids is 1. The van der Waals surface area contributed by atoms with E-state index in [2.05, 4.69) is 25.6 Å². The summed E-state index contributed by atoms with van der Waals surface area (Å²) in [5, 5.41) is 6.71. The SMILES string of the molecule is CCOC(=O)C1CCN(C(=NC)NCCCc2nc(C)cs2)CC1. The van der Waals surface area contributed by atoms with Gasteiger partial charge in [-0.05, 0) is 33.1 Å². The summed E-state index contributed by atoms with van der Waals surface area (Å²) >= 11 is 1.73. The van der Waals surface area contributed by atoms with Gasteiger partial charge < -0.3 is 15.0 Å². The van der Waals surface area contributed by atoms with E-state index in [0.29, 0.717) is 6.61 Å². The highest BCUT2D eigenvalue weighted by Gasteiger charge is 2.27. The maximum Gasteiger partial charge on any atom is 0.309 e. The van der Waals surface area contributed by atoms with Crippen molar-refractivity contribution in [2.45, 2.75) is 39.5 Å². The number of aryl methyl sites for hydroxylation is 2. The first-order valence-corrected chi connectivity index (χ1v) is 9.55. The molecular formula is C17H28N4O2S. The molecule has 0 amide bonds. The average Bonchev–Trinajstić information content (AvgIpc) is 3.01. The molecule has 1 aliphatic rings. The Morgan fingerprint density at radius 2 is 2.25 bits per heavy atom. The Labute approximate surface area is 148 Å². The zero-order chi connectivity index (χ0) is 17.4. The number of rotatable bonds is 6. The van der Waals surface area contributed by atoms with E-state index in [4.69, 9.17) is 4.74 Å². The van der Waals surface area contributed by atoms with Gasteiger partial charge in [0.1, 0.15) is 0 Å². The van der Waals surface area contributed by atoms with Crippen LogP contribution in [0.25, 0.3) is 0 Å². The molecular weight excluding hydrogens is 324 g/mol. The van der Waals surface area contributed by atoms with Gasteiger partial charge in [-0.1, -0.05) is 0 Å². The lowest BCUT2D eigenvalue weighted by atomic mass is 9.97. The molecule has 2 heterocycles. The van der Waals surface area contributed by atoms with Gasteiger partial charge in [0, 0.05) is 44.2 Å². The third-order valence-corrected chi connectivity index (χ3v) is 5.17. The van der Waals surface area contributed by atoms with Crippen molar-refractivity contribution in [2.24, 2.45) is 10.9 Å². The molecule has 1 fully saturated rings. The monoisotopic (exact) mass is 352 g/mol. The van der Waals surface area contributed by atoms with Crippen molar-refractivity contribution in [3.63, 3.8) is 0 Å². The van der Waals surface area contributed by atoms with E-state index in [-0.39, 0.29) is 11.9 Å². The van der Waals surface area contributed by atoms with Gasteiger partial charge in [-0.15, -0.1) is 11.3 Å². The maximum absolute atomic E-state index is 11.8. The molecule has 1 aromatic heterocycles. The van der Waals surface area contributed by atoms with Crippen molar-refractivity contribution in [3.05, 3.63) is 16.1 Å². The quantitative estimate of drug-likeness (QED) is 0.368. The van der Waals surface area contributed by atoms with Crippen molar-refractivity contribution in [1.29, 1.82) is 0 Å². The van der Waals surface area contributed by atoms with Crippen LogP contribution in [-0.4, -0.2) is 55.1 Å². The van der Waals surface area contributed by atoms with Crippen molar-refractivity contribution in [2.75, 3.05) is 33.3 Å². The molecule has 0 spiro atoms. The molecule has 6 nitrogen and oxygen atoms in total. The van der Waals surface area contributed by atoms with Crippen molar-refractivity contribution in [3.8, 4) is 0 Å². The normalized spacial score (nSPS) is 16.3. The molecule has 1 aliphatic heterocycles. The minimum atomic E-state index is -0.0566. The molecule has 1 N–H and O–H groups in total. The number of esters is 1. The number of aliphatic imine (C=N–C) groups is 1. The summed E-state index contributed by atoms with van der Waals surface area (Å²) in [6, 6.07) is 0. The van der Waals surface area contributed by atoms with E-state index in [1.54, 1.807) is 11.3 Å². The minimum Gasteiger partial charge on any atom is -0.466 e. The molecule has 2 rings (SSSR count). The number of carbonyl (C=O) groups is 1. The van der Waals surface area contributed by atoms with E-state index in [9.17, 15) is 4.79 Å². The zero-order valence-corrected chi connectivity index (χ0v) is 15.7.